The van der Waals surface area contributed by atoms with E-state index >= 15 is 0 Å². The molecular formula is C12H18Cl2N2. The zero-order valence-corrected chi connectivity index (χ0v) is 11.3. The highest BCUT2D eigenvalue weighted by atomic mass is 35.5. The molecule has 1 atom stereocenters. The molecule has 1 N–H and O–H groups in total. The maximum absolute atomic E-state index is 6.15. The molecule has 0 aliphatic carbocycles. The average Bonchev–Trinajstić information content (AvgIpc) is 2.25. The number of unbranched alkanes of at least 4 members (excludes halogenated alkanes) is 1. The summed E-state index contributed by atoms with van der Waals surface area (Å²) in [4.78, 5) is 4.32. The largest absolute Gasteiger partial charge is 0.309 e. The molecular weight excluding hydrogens is 243 g/mol. The maximum atomic E-state index is 6.15. The topological polar surface area (TPSA) is 24.9 Å². The van der Waals surface area contributed by atoms with Gasteiger partial charge in [0.1, 0.15) is 0 Å². The molecule has 1 aromatic rings. The highest BCUT2D eigenvalue weighted by Crippen LogP contribution is 2.26. The van der Waals surface area contributed by atoms with Crippen molar-refractivity contribution < 1.29 is 0 Å². The molecule has 0 aliphatic heterocycles. The van der Waals surface area contributed by atoms with Gasteiger partial charge in [-0.15, -0.1) is 0 Å². The molecule has 0 radical (unpaired) electrons. The van der Waals surface area contributed by atoms with E-state index in [0.29, 0.717) is 10.0 Å². The second kappa shape index (κ2) is 7.10. The summed E-state index contributed by atoms with van der Waals surface area (Å²) in [5.74, 6) is 0. The van der Waals surface area contributed by atoms with Crippen molar-refractivity contribution in [3.63, 3.8) is 0 Å². The van der Waals surface area contributed by atoms with Gasteiger partial charge in [0.15, 0.2) is 0 Å². The minimum absolute atomic E-state index is 0.231. The molecule has 1 rings (SSSR count). The van der Waals surface area contributed by atoms with Crippen LogP contribution in [0.15, 0.2) is 12.3 Å². The van der Waals surface area contributed by atoms with Gasteiger partial charge in [-0.3, -0.25) is 4.98 Å². The van der Waals surface area contributed by atoms with Crippen molar-refractivity contribution in [3.8, 4) is 0 Å². The Morgan fingerprint density at radius 3 is 2.69 bits per heavy atom. The van der Waals surface area contributed by atoms with Crippen LogP contribution in [0.5, 0.6) is 0 Å². The fraction of sp³-hybridized carbons (Fsp3) is 0.583. The number of nitrogens with one attached hydrogen (secondary N) is 1. The zero-order valence-electron chi connectivity index (χ0n) is 9.76. The fourth-order valence-electron chi connectivity index (χ4n) is 1.67. The van der Waals surface area contributed by atoms with Gasteiger partial charge in [0.25, 0.3) is 0 Å². The molecule has 1 aromatic heterocycles. The second-order valence-electron chi connectivity index (χ2n) is 3.77. The maximum Gasteiger partial charge on any atom is 0.0760 e. The smallest absolute Gasteiger partial charge is 0.0760 e. The highest BCUT2D eigenvalue weighted by molar-refractivity contribution is 6.34. The minimum atomic E-state index is 0.231. The summed E-state index contributed by atoms with van der Waals surface area (Å²) >= 11 is 12.0. The van der Waals surface area contributed by atoms with Crippen molar-refractivity contribution in [2.75, 3.05) is 6.54 Å². The molecule has 0 saturated heterocycles. The molecule has 0 bridgehead atoms. The Balaban J connectivity index is 2.82. The normalized spacial score (nSPS) is 12.8. The first-order chi connectivity index (χ1) is 7.69. The Hall–Kier alpha value is -0.310. The Morgan fingerprint density at radius 2 is 2.12 bits per heavy atom. The standard InChI is InChI=1S/C12H18Cl2N2/c1-3-5-6-11(15-4-2)12-10(14)7-9(13)8-16-12/h7-8,11,15H,3-6H2,1-2H3. The van der Waals surface area contributed by atoms with E-state index in [1.807, 2.05) is 0 Å². The average molecular weight is 261 g/mol. The number of pyridine rings is 1. The van der Waals surface area contributed by atoms with Crippen LogP contribution in [-0.2, 0) is 0 Å². The summed E-state index contributed by atoms with van der Waals surface area (Å²) in [6.45, 7) is 5.18. The van der Waals surface area contributed by atoms with Crippen LogP contribution in [0.2, 0.25) is 10.0 Å². The third-order valence-electron chi connectivity index (χ3n) is 2.46. The first-order valence-corrected chi connectivity index (χ1v) is 6.49. The van der Waals surface area contributed by atoms with E-state index in [4.69, 9.17) is 23.2 Å². The number of halogens is 2. The molecule has 2 nitrogen and oxygen atoms in total. The fourth-order valence-corrected chi connectivity index (χ4v) is 2.18. The lowest BCUT2D eigenvalue weighted by molar-refractivity contribution is 0.485. The Bertz CT molecular complexity index is 329. The van der Waals surface area contributed by atoms with E-state index < -0.39 is 0 Å². The Labute approximate surface area is 107 Å². The molecule has 1 unspecified atom stereocenters. The van der Waals surface area contributed by atoms with Crippen LogP contribution in [0.3, 0.4) is 0 Å². The minimum Gasteiger partial charge on any atom is -0.309 e. The van der Waals surface area contributed by atoms with Gasteiger partial charge in [-0.25, -0.2) is 0 Å². The van der Waals surface area contributed by atoms with Crippen LogP contribution in [0.25, 0.3) is 0 Å². The monoisotopic (exact) mass is 260 g/mol. The van der Waals surface area contributed by atoms with Crippen LogP contribution in [0, 0.1) is 0 Å². The molecule has 0 fully saturated rings. The highest BCUT2D eigenvalue weighted by Gasteiger charge is 2.14. The first kappa shape index (κ1) is 13.8. The van der Waals surface area contributed by atoms with Crippen LogP contribution < -0.4 is 5.32 Å². The first-order valence-electron chi connectivity index (χ1n) is 5.73. The summed E-state index contributed by atoms with van der Waals surface area (Å²) in [6, 6.07) is 1.98. The second-order valence-corrected chi connectivity index (χ2v) is 4.62. The van der Waals surface area contributed by atoms with Gasteiger partial charge in [-0.2, -0.15) is 0 Å². The molecule has 0 spiro atoms. The van der Waals surface area contributed by atoms with Gasteiger partial charge in [0.05, 0.1) is 21.8 Å². The predicted molar refractivity (Wildman–Crippen MR) is 70.2 cm³/mol. The van der Waals surface area contributed by atoms with Crippen LogP contribution in [0.4, 0.5) is 0 Å². The van der Waals surface area contributed by atoms with Crippen molar-refractivity contribution in [3.05, 3.63) is 28.0 Å². The summed E-state index contributed by atoms with van der Waals surface area (Å²) < 4.78 is 0. The molecule has 0 saturated carbocycles. The zero-order chi connectivity index (χ0) is 12.0. The van der Waals surface area contributed by atoms with E-state index in [9.17, 15) is 0 Å². The summed E-state index contributed by atoms with van der Waals surface area (Å²) in [5, 5.41) is 4.63. The van der Waals surface area contributed by atoms with Crippen LogP contribution >= 0.6 is 23.2 Å². The van der Waals surface area contributed by atoms with Gasteiger partial charge in [-0.05, 0) is 19.0 Å². The summed E-state index contributed by atoms with van der Waals surface area (Å²) in [5.41, 5.74) is 0.904. The van der Waals surface area contributed by atoms with Gasteiger partial charge < -0.3 is 5.32 Å². The van der Waals surface area contributed by atoms with Crippen molar-refractivity contribution in [2.45, 2.75) is 39.2 Å². The van der Waals surface area contributed by atoms with Crippen LogP contribution in [0.1, 0.15) is 44.8 Å². The van der Waals surface area contributed by atoms with E-state index in [2.05, 4.69) is 24.1 Å². The number of hydrogen-bond donors (Lipinski definition) is 1. The van der Waals surface area contributed by atoms with Crippen molar-refractivity contribution >= 4 is 23.2 Å². The molecule has 16 heavy (non-hydrogen) atoms. The Morgan fingerprint density at radius 1 is 1.38 bits per heavy atom. The number of rotatable bonds is 6. The summed E-state index contributed by atoms with van der Waals surface area (Å²) in [7, 11) is 0. The molecule has 0 amide bonds. The molecule has 4 heteroatoms. The number of hydrogen-bond acceptors (Lipinski definition) is 2. The van der Waals surface area contributed by atoms with E-state index in [0.717, 1.165) is 25.1 Å². The molecule has 0 aliphatic rings. The van der Waals surface area contributed by atoms with E-state index in [1.54, 1.807) is 12.3 Å². The van der Waals surface area contributed by atoms with Gasteiger partial charge >= 0.3 is 0 Å². The third kappa shape index (κ3) is 3.93. The van der Waals surface area contributed by atoms with Gasteiger partial charge in [0, 0.05) is 6.20 Å². The lowest BCUT2D eigenvalue weighted by atomic mass is 10.1. The van der Waals surface area contributed by atoms with Gasteiger partial charge in [0.2, 0.25) is 0 Å². The number of aromatic nitrogens is 1. The predicted octanol–water partition coefficient (Wildman–Crippen LogP) is 4.23. The van der Waals surface area contributed by atoms with Crippen LogP contribution in [-0.4, -0.2) is 11.5 Å². The Kier molecular flexibility index (Phi) is 6.10. The van der Waals surface area contributed by atoms with Crippen molar-refractivity contribution in [1.82, 2.24) is 10.3 Å². The van der Waals surface area contributed by atoms with E-state index in [-0.39, 0.29) is 6.04 Å². The molecule has 90 valence electrons. The third-order valence-corrected chi connectivity index (χ3v) is 2.97. The van der Waals surface area contributed by atoms with E-state index in [1.165, 1.54) is 6.42 Å². The number of nitrogens with zero attached hydrogens (tertiary/aromatic N) is 1. The lowest BCUT2D eigenvalue weighted by Crippen LogP contribution is -2.22. The lowest BCUT2D eigenvalue weighted by Gasteiger charge is -2.18. The van der Waals surface area contributed by atoms with Gasteiger partial charge in [-0.1, -0.05) is 49.9 Å². The van der Waals surface area contributed by atoms with Crippen molar-refractivity contribution in [1.29, 1.82) is 0 Å². The van der Waals surface area contributed by atoms with Crippen molar-refractivity contribution in [2.24, 2.45) is 0 Å². The SMILES string of the molecule is CCCCC(NCC)c1ncc(Cl)cc1Cl. The summed E-state index contributed by atoms with van der Waals surface area (Å²) in [6.07, 6.45) is 5.04. The molecule has 0 aromatic carbocycles. The molecule has 1 heterocycles. The quantitative estimate of drug-likeness (QED) is 0.828.